The minimum Gasteiger partial charge on any atom is -0.450 e. The lowest BCUT2D eigenvalue weighted by Crippen LogP contribution is -2.29. The number of para-hydroxylation sites is 3. The molecule has 0 aromatic heterocycles. The zero-order valence-electron chi connectivity index (χ0n) is 31.6. The van der Waals surface area contributed by atoms with Gasteiger partial charge < -0.3 is 14.4 Å². The minimum atomic E-state index is -0.569. The quantitative estimate of drug-likeness (QED) is 0.162. The summed E-state index contributed by atoms with van der Waals surface area (Å²) in [6.45, 7) is 0. The van der Waals surface area contributed by atoms with Crippen LogP contribution in [0.1, 0.15) is 22.3 Å². The summed E-state index contributed by atoms with van der Waals surface area (Å²) < 4.78 is 12.6. The third-order valence-corrected chi connectivity index (χ3v) is 11.6. The molecule has 11 rings (SSSR count). The van der Waals surface area contributed by atoms with Crippen molar-refractivity contribution in [2.24, 2.45) is 0 Å². The molecule has 0 radical (unpaired) electrons. The van der Waals surface area contributed by atoms with Crippen LogP contribution in [0.3, 0.4) is 0 Å². The molecule has 0 amide bonds. The molecular formula is C55H37NO2. The molecule has 0 atom stereocenters. The smallest absolute Gasteiger partial charge is 0.172 e. The van der Waals surface area contributed by atoms with Crippen molar-refractivity contribution < 1.29 is 9.47 Å². The average molecular weight is 744 g/mol. The highest BCUT2D eigenvalue weighted by Gasteiger charge is 2.47. The Morgan fingerprint density at radius 2 is 0.759 bits per heavy atom. The van der Waals surface area contributed by atoms with Crippen molar-refractivity contribution in [1.29, 1.82) is 0 Å². The van der Waals surface area contributed by atoms with Gasteiger partial charge in [0.05, 0.1) is 11.1 Å². The van der Waals surface area contributed by atoms with Crippen molar-refractivity contribution in [3.05, 3.63) is 247 Å². The van der Waals surface area contributed by atoms with Gasteiger partial charge in [-0.2, -0.15) is 0 Å². The zero-order chi connectivity index (χ0) is 38.5. The second kappa shape index (κ2) is 13.8. The number of hydrogen-bond donors (Lipinski definition) is 0. The molecule has 58 heavy (non-hydrogen) atoms. The maximum Gasteiger partial charge on any atom is 0.172 e. The van der Waals surface area contributed by atoms with E-state index >= 15 is 0 Å². The molecule has 0 N–H and O–H groups in total. The standard InChI is InChI=1S/C55H37NO2/c1-3-16-38(17-4-1)39-30-32-41(33-31-39)55(49-26-11-8-23-46(49)47-24-9-12-27-50(47)55)48-25-10-7-22-45(48)40-18-15-21-43(36-40)56(42-19-5-2-6-20-42)44-34-35-53-54(37-44)58-52-29-14-13-28-51(52)57-53/h1-37H. The molecule has 2 aliphatic rings. The summed E-state index contributed by atoms with van der Waals surface area (Å²) in [5, 5.41) is 0. The molecule has 0 saturated carbocycles. The van der Waals surface area contributed by atoms with E-state index in [0.29, 0.717) is 23.0 Å². The molecule has 3 nitrogen and oxygen atoms in total. The highest BCUT2D eigenvalue weighted by molar-refractivity contribution is 5.90. The Hall–Kier alpha value is -7.62. The lowest BCUT2D eigenvalue weighted by atomic mass is 9.65. The predicted molar refractivity (Wildman–Crippen MR) is 236 cm³/mol. The van der Waals surface area contributed by atoms with Crippen molar-refractivity contribution >= 4 is 17.1 Å². The molecule has 1 heterocycles. The van der Waals surface area contributed by atoms with Crippen molar-refractivity contribution in [2.75, 3.05) is 4.90 Å². The number of nitrogens with zero attached hydrogens (tertiary/aromatic N) is 1. The molecule has 1 aliphatic heterocycles. The van der Waals surface area contributed by atoms with Crippen molar-refractivity contribution in [3.63, 3.8) is 0 Å². The van der Waals surface area contributed by atoms with Gasteiger partial charge in [-0.1, -0.05) is 170 Å². The van der Waals surface area contributed by atoms with Crippen molar-refractivity contribution in [3.8, 4) is 56.4 Å². The maximum atomic E-state index is 6.40. The number of benzene rings is 9. The summed E-state index contributed by atoms with van der Waals surface area (Å²) in [5.41, 5.74) is 14.8. The van der Waals surface area contributed by atoms with E-state index in [0.717, 1.165) is 22.6 Å². The van der Waals surface area contributed by atoms with E-state index in [1.165, 1.54) is 50.1 Å². The lowest BCUT2D eigenvalue weighted by molar-refractivity contribution is 0.360. The molecule has 0 unspecified atom stereocenters. The fourth-order valence-electron chi connectivity index (χ4n) is 9.09. The maximum absolute atomic E-state index is 6.40. The van der Waals surface area contributed by atoms with Gasteiger partial charge in [-0.05, 0) is 104 Å². The van der Waals surface area contributed by atoms with Gasteiger partial charge in [0.15, 0.2) is 23.0 Å². The Morgan fingerprint density at radius 3 is 1.43 bits per heavy atom. The number of rotatable bonds is 7. The highest BCUT2D eigenvalue weighted by Crippen LogP contribution is 2.58. The van der Waals surface area contributed by atoms with Gasteiger partial charge in [-0.25, -0.2) is 0 Å². The molecule has 274 valence electrons. The van der Waals surface area contributed by atoms with E-state index < -0.39 is 5.41 Å². The van der Waals surface area contributed by atoms with Crippen LogP contribution in [0.4, 0.5) is 17.1 Å². The molecule has 0 saturated heterocycles. The third kappa shape index (κ3) is 5.43. The Kier molecular flexibility index (Phi) is 8.04. The third-order valence-electron chi connectivity index (χ3n) is 11.6. The van der Waals surface area contributed by atoms with Crippen LogP contribution in [0.5, 0.6) is 23.0 Å². The Labute approximate surface area is 338 Å². The predicted octanol–water partition coefficient (Wildman–Crippen LogP) is 14.8. The normalized spacial score (nSPS) is 12.9. The van der Waals surface area contributed by atoms with Crippen molar-refractivity contribution in [1.82, 2.24) is 0 Å². The Balaban J connectivity index is 1.09. The van der Waals surface area contributed by atoms with Crippen LogP contribution in [0, 0.1) is 0 Å². The van der Waals surface area contributed by atoms with E-state index in [1.807, 2.05) is 30.3 Å². The van der Waals surface area contributed by atoms with E-state index in [4.69, 9.17) is 9.47 Å². The first-order chi connectivity index (χ1) is 28.8. The van der Waals surface area contributed by atoms with E-state index in [1.54, 1.807) is 0 Å². The van der Waals surface area contributed by atoms with E-state index in [9.17, 15) is 0 Å². The topological polar surface area (TPSA) is 21.7 Å². The van der Waals surface area contributed by atoms with Gasteiger partial charge in [0, 0.05) is 17.4 Å². The summed E-state index contributed by atoms with van der Waals surface area (Å²) in [5.74, 6) is 2.79. The monoisotopic (exact) mass is 743 g/mol. The molecular weight excluding hydrogens is 707 g/mol. The number of fused-ring (bicyclic) bond motifs is 5. The van der Waals surface area contributed by atoms with Crippen LogP contribution in [0.25, 0.3) is 33.4 Å². The average Bonchev–Trinajstić information content (AvgIpc) is 3.60. The van der Waals surface area contributed by atoms with Crippen molar-refractivity contribution in [2.45, 2.75) is 5.41 Å². The van der Waals surface area contributed by atoms with Crippen LogP contribution in [0.15, 0.2) is 224 Å². The first-order valence-electron chi connectivity index (χ1n) is 19.7. The number of hydrogen-bond acceptors (Lipinski definition) is 3. The second-order valence-electron chi connectivity index (χ2n) is 14.8. The fraction of sp³-hybridized carbons (Fsp3) is 0.0182. The van der Waals surface area contributed by atoms with Gasteiger partial charge in [-0.15, -0.1) is 0 Å². The van der Waals surface area contributed by atoms with Gasteiger partial charge in [0.25, 0.3) is 0 Å². The highest BCUT2D eigenvalue weighted by atomic mass is 16.6. The van der Waals surface area contributed by atoms with Gasteiger partial charge in [0.2, 0.25) is 0 Å². The first-order valence-corrected chi connectivity index (χ1v) is 19.7. The number of anilines is 3. The van der Waals surface area contributed by atoms with Crippen LogP contribution >= 0.6 is 0 Å². The summed E-state index contributed by atoms with van der Waals surface area (Å²) in [6.07, 6.45) is 0. The molecule has 0 spiro atoms. The summed E-state index contributed by atoms with van der Waals surface area (Å²) in [7, 11) is 0. The Morgan fingerprint density at radius 1 is 0.293 bits per heavy atom. The molecule has 0 bridgehead atoms. The molecule has 1 aliphatic carbocycles. The van der Waals surface area contributed by atoms with Gasteiger partial charge >= 0.3 is 0 Å². The second-order valence-corrected chi connectivity index (χ2v) is 14.8. The molecule has 9 aromatic rings. The van der Waals surface area contributed by atoms with Crippen LogP contribution in [-0.2, 0) is 5.41 Å². The SMILES string of the molecule is c1ccc(-c2ccc(C3(c4ccccc4-c4cccc(N(c5ccccc5)c5ccc6c(c5)Oc5ccccc5O6)c4)c4ccccc4-c4ccccc43)cc2)cc1. The minimum absolute atomic E-state index is 0.569. The number of ether oxygens (including phenoxy) is 2. The van der Waals surface area contributed by atoms with Crippen LogP contribution < -0.4 is 14.4 Å². The van der Waals surface area contributed by atoms with Crippen LogP contribution in [0.2, 0.25) is 0 Å². The lowest BCUT2D eigenvalue weighted by Gasteiger charge is -2.36. The van der Waals surface area contributed by atoms with E-state index in [-0.39, 0.29) is 0 Å². The summed E-state index contributed by atoms with van der Waals surface area (Å²) in [4.78, 5) is 2.29. The first kappa shape index (κ1) is 33.7. The largest absolute Gasteiger partial charge is 0.450 e. The summed E-state index contributed by atoms with van der Waals surface area (Å²) in [6, 6.07) is 80.1. The molecule has 0 fully saturated rings. The van der Waals surface area contributed by atoms with Gasteiger partial charge in [0.1, 0.15) is 0 Å². The van der Waals surface area contributed by atoms with Gasteiger partial charge in [-0.3, -0.25) is 0 Å². The molecule has 9 aromatic carbocycles. The fourth-order valence-corrected chi connectivity index (χ4v) is 9.09. The van der Waals surface area contributed by atoms with E-state index in [2.05, 4.69) is 199 Å². The Bertz CT molecular complexity index is 2910. The zero-order valence-corrected chi connectivity index (χ0v) is 31.6. The molecule has 3 heteroatoms. The summed E-state index contributed by atoms with van der Waals surface area (Å²) >= 11 is 0. The van der Waals surface area contributed by atoms with Crippen LogP contribution in [-0.4, -0.2) is 0 Å².